The molecule has 2 N–H and O–H groups in total. The Bertz CT molecular complexity index is 358. The third kappa shape index (κ3) is 2.88. The second-order valence-corrected chi connectivity index (χ2v) is 3.08. The van der Waals surface area contributed by atoms with Crippen LogP contribution in [-0.2, 0) is 6.61 Å². The monoisotopic (exact) mass is 190 g/mol. The maximum atomic E-state index is 8.90. The van der Waals surface area contributed by atoms with Gasteiger partial charge in [0.15, 0.2) is 0 Å². The zero-order chi connectivity index (χ0) is 10.4. The van der Waals surface area contributed by atoms with Crippen molar-refractivity contribution in [1.82, 2.24) is 0 Å². The van der Waals surface area contributed by atoms with Crippen LogP contribution in [0.3, 0.4) is 0 Å². The third-order valence-electron chi connectivity index (χ3n) is 1.93. The molecule has 0 amide bonds. The van der Waals surface area contributed by atoms with Crippen LogP contribution in [0.2, 0.25) is 0 Å². The normalized spacial score (nSPS) is 9.36. The summed E-state index contributed by atoms with van der Waals surface area (Å²) in [6.07, 6.45) is 0.501. The number of benzene rings is 1. The fraction of sp³-hybridized carbons (Fsp3) is 0.333. The van der Waals surface area contributed by atoms with Crippen LogP contribution in [0, 0.1) is 18.8 Å². The van der Waals surface area contributed by atoms with Crippen LogP contribution in [0.5, 0.6) is 0 Å². The van der Waals surface area contributed by atoms with Gasteiger partial charge in [0.05, 0.1) is 13.2 Å². The van der Waals surface area contributed by atoms with Gasteiger partial charge in [0.2, 0.25) is 0 Å². The molecular formula is C12H14O2. The van der Waals surface area contributed by atoms with Crippen molar-refractivity contribution in [2.24, 2.45) is 0 Å². The summed E-state index contributed by atoms with van der Waals surface area (Å²) in [5.41, 5.74) is 2.91. The Hall–Kier alpha value is -1.30. The molecule has 0 aliphatic carbocycles. The molecule has 0 aliphatic heterocycles. The van der Waals surface area contributed by atoms with Crippen LogP contribution >= 0.6 is 0 Å². The van der Waals surface area contributed by atoms with Crippen LogP contribution in [0.15, 0.2) is 18.2 Å². The molecule has 0 saturated carbocycles. The molecule has 0 heterocycles. The summed E-state index contributed by atoms with van der Waals surface area (Å²) < 4.78 is 0. The van der Waals surface area contributed by atoms with E-state index in [1.165, 1.54) is 0 Å². The van der Waals surface area contributed by atoms with E-state index in [0.717, 1.165) is 16.7 Å². The van der Waals surface area contributed by atoms with Gasteiger partial charge in [-0.15, -0.1) is 0 Å². The Kier molecular flexibility index (Phi) is 4.18. The molecule has 1 aromatic rings. The maximum Gasteiger partial charge on any atom is 0.0681 e. The lowest BCUT2D eigenvalue weighted by Gasteiger charge is -2.00. The van der Waals surface area contributed by atoms with Crippen molar-refractivity contribution in [3.8, 4) is 11.8 Å². The quantitative estimate of drug-likeness (QED) is 0.688. The minimum Gasteiger partial charge on any atom is -0.395 e. The maximum absolute atomic E-state index is 8.90. The first-order valence-corrected chi connectivity index (χ1v) is 4.58. The molecule has 0 aromatic heterocycles. The van der Waals surface area contributed by atoms with E-state index < -0.39 is 0 Å². The molecule has 0 bridgehead atoms. The molecule has 0 atom stereocenters. The van der Waals surface area contributed by atoms with Crippen LogP contribution in [-0.4, -0.2) is 16.8 Å². The molecular weight excluding hydrogens is 176 g/mol. The van der Waals surface area contributed by atoms with Crippen molar-refractivity contribution in [1.29, 1.82) is 0 Å². The first kappa shape index (κ1) is 10.8. The van der Waals surface area contributed by atoms with Gasteiger partial charge in [-0.05, 0) is 24.1 Å². The summed E-state index contributed by atoms with van der Waals surface area (Å²) in [4.78, 5) is 0. The molecule has 0 unspecified atom stereocenters. The lowest BCUT2D eigenvalue weighted by molar-refractivity contribution is 0.282. The lowest BCUT2D eigenvalue weighted by Crippen LogP contribution is -1.88. The minimum absolute atomic E-state index is 0.0607. The lowest BCUT2D eigenvalue weighted by atomic mass is 10.1. The number of aliphatic hydroxyl groups excluding tert-OH is 2. The fourth-order valence-electron chi connectivity index (χ4n) is 1.18. The molecule has 0 fully saturated rings. The van der Waals surface area contributed by atoms with Crippen LogP contribution in [0.1, 0.15) is 23.1 Å². The van der Waals surface area contributed by atoms with Crippen molar-refractivity contribution in [3.63, 3.8) is 0 Å². The Balaban J connectivity index is 2.85. The number of aliphatic hydroxyl groups is 2. The van der Waals surface area contributed by atoms with E-state index >= 15 is 0 Å². The van der Waals surface area contributed by atoms with E-state index in [-0.39, 0.29) is 13.2 Å². The van der Waals surface area contributed by atoms with Gasteiger partial charge >= 0.3 is 0 Å². The predicted octanol–water partition coefficient (Wildman–Crippen LogP) is 1.22. The van der Waals surface area contributed by atoms with Gasteiger partial charge in [0.25, 0.3) is 0 Å². The molecule has 14 heavy (non-hydrogen) atoms. The first-order valence-electron chi connectivity index (χ1n) is 4.58. The molecule has 1 rings (SSSR count). The van der Waals surface area contributed by atoms with Gasteiger partial charge in [-0.2, -0.15) is 0 Å². The molecule has 74 valence electrons. The van der Waals surface area contributed by atoms with Crippen molar-refractivity contribution >= 4 is 0 Å². The first-order chi connectivity index (χ1) is 6.77. The van der Waals surface area contributed by atoms with E-state index in [2.05, 4.69) is 11.8 Å². The van der Waals surface area contributed by atoms with E-state index in [4.69, 9.17) is 10.2 Å². The van der Waals surface area contributed by atoms with Gasteiger partial charge in [0, 0.05) is 12.0 Å². The zero-order valence-electron chi connectivity index (χ0n) is 8.25. The Morgan fingerprint density at radius 2 is 2.07 bits per heavy atom. The Morgan fingerprint density at radius 3 is 2.64 bits per heavy atom. The molecule has 2 nitrogen and oxygen atoms in total. The highest BCUT2D eigenvalue weighted by molar-refractivity contribution is 5.42. The third-order valence-corrected chi connectivity index (χ3v) is 1.93. The van der Waals surface area contributed by atoms with Gasteiger partial charge in [0.1, 0.15) is 0 Å². The van der Waals surface area contributed by atoms with E-state index in [1.807, 2.05) is 25.1 Å². The summed E-state index contributed by atoms with van der Waals surface area (Å²) in [6, 6.07) is 5.67. The average Bonchev–Trinajstić information content (AvgIpc) is 2.20. The molecule has 0 aliphatic rings. The summed E-state index contributed by atoms with van der Waals surface area (Å²) in [5.74, 6) is 5.84. The molecule has 0 spiro atoms. The van der Waals surface area contributed by atoms with Crippen LogP contribution in [0.4, 0.5) is 0 Å². The Labute approximate surface area is 84.2 Å². The van der Waals surface area contributed by atoms with Crippen molar-refractivity contribution < 1.29 is 10.2 Å². The highest BCUT2D eigenvalue weighted by Crippen LogP contribution is 2.09. The fourth-order valence-corrected chi connectivity index (χ4v) is 1.18. The van der Waals surface area contributed by atoms with E-state index in [1.54, 1.807) is 0 Å². The smallest absolute Gasteiger partial charge is 0.0681 e. The largest absolute Gasteiger partial charge is 0.395 e. The summed E-state index contributed by atoms with van der Waals surface area (Å²) in [6.45, 7) is 2.12. The topological polar surface area (TPSA) is 40.5 Å². The highest BCUT2D eigenvalue weighted by Gasteiger charge is 1.95. The summed E-state index contributed by atoms with van der Waals surface area (Å²) in [5, 5.41) is 17.5. The van der Waals surface area contributed by atoms with Gasteiger partial charge in [-0.1, -0.05) is 24.0 Å². The predicted molar refractivity (Wildman–Crippen MR) is 55.7 cm³/mol. The van der Waals surface area contributed by atoms with Crippen molar-refractivity contribution in [3.05, 3.63) is 34.9 Å². The average molecular weight is 190 g/mol. The molecule has 1 aromatic carbocycles. The second kappa shape index (κ2) is 5.43. The standard InChI is InChI=1S/C12H14O2/c1-10-8-11(9-14)5-6-12(10)4-2-3-7-13/h5-6,8,13-14H,3,7,9H2,1H3. The molecule has 0 saturated heterocycles. The minimum atomic E-state index is 0.0607. The SMILES string of the molecule is Cc1cc(CO)ccc1C#CCCO. The number of hydrogen-bond donors (Lipinski definition) is 2. The van der Waals surface area contributed by atoms with Crippen molar-refractivity contribution in [2.75, 3.05) is 6.61 Å². The van der Waals surface area contributed by atoms with E-state index in [9.17, 15) is 0 Å². The highest BCUT2D eigenvalue weighted by atomic mass is 16.3. The molecule has 2 heteroatoms. The second-order valence-electron chi connectivity index (χ2n) is 3.08. The van der Waals surface area contributed by atoms with E-state index in [0.29, 0.717) is 6.42 Å². The molecule has 0 radical (unpaired) electrons. The van der Waals surface area contributed by atoms with Gasteiger partial charge < -0.3 is 10.2 Å². The number of aryl methyl sites for hydroxylation is 1. The van der Waals surface area contributed by atoms with Crippen LogP contribution < -0.4 is 0 Å². The summed E-state index contributed by atoms with van der Waals surface area (Å²) in [7, 11) is 0. The Morgan fingerprint density at radius 1 is 1.29 bits per heavy atom. The van der Waals surface area contributed by atoms with Gasteiger partial charge in [-0.3, -0.25) is 0 Å². The van der Waals surface area contributed by atoms with Crippen molar-refractivity contribution in [2.45, 2.75) is 20.0 Å². The summed E-state index contributed by atoms with van der Waals surface area (Å²) >= 11 is 0. The zero-order valence-corrected chi connectivity index (χ0v) is 8.25. The number of hydrogen-bond acceptors (Lipinski definition) is 2. The number of rotatable bonds is 2. The van der Waals surface area contributed by atoms with Gasteiger partial charge in [-0.25, -0.2) is 0 Å². The van der Waals surface area contributed by atoms with Crippen LogP contribution in [0.25, 0.3) is 0 Å².